The number of hydrogen-bond donors (Lipinski definition) is 2. The summed E-state index contributed by atoms with van der Waals surface area (Å²) >= 11 is 0. The molecule has 2 aromatic rings. The average molecular weight is 251 g/mol. The summed E-state index contributed by atoms with van der Waals surface area (Å²) in [5.74, 6) is 0. The van der Waals surface area contributed by atoms with Crippen LogP contribution in [0.15, 0.2) is 48.5 Å². The number of nitrogens with zero attached hydrogens (tertiary/aromatic N) is 1. The Balaban J connectivity index is 1.96. The van der Waals surface area contributed by atoms with Gasteiger partial charge in [-0.3, -0.25) is 0 Å². The van der Waals surface area contributed by atoms with Gasteiger partial charge in [0.05, 0.1) is 11.6 Å². The van der Waals surface area contributed by atoms with Crippen molar-refractivity contribution in [3.8, 4) is 6.07 Å². The second kappa shape index (κ2) is 6.58. The van der Waals surface area contributed by atoms with Crippen molar-refractivity contribution in [1.82, 2.24) is 0 Å². The predicted molar refractivity (Wildman–Crippen MR) is 77.7 cm³/mol. The van der Waals surface area contributed by atoms with Crippen LogP contribution in [0.1, 0.15) is 16.7 Å². The molecule has 0 aliphatic carbocycles. The molecule has 0 saturated carbocycles. The summed E-state index contributed by atoms with van der Waals surface area (Å²) in [7, 11) is 0. The molecule has 0 spiro atoms. The SMILES string of the molecule is N#Cc1cccc(NCc2ccc(CCN)cc2)c1. The van der Waals surface area contributed by atoms with E-state index in [9.17, 15) is 0 Å². The Morgan fingerprint density at radius 1 is 1.05 bits per heavy atom. The molecule has 3 nitrogen and oxygen atoms in total. The van der Waals surface area contributed by atoms with Crippen LogP contribution in [0, 0.1) is 11.3 Å². The third-order valence-electron chi connectivity index (χ3n) is 2.94. The number of anilines is 1. The van der Waals surface area contributed by atoms with E-state index < -0.39 is 0 Å². The van der Waals surface area contributed by atoms with E-state index in [2.05, 4.69) is 35.7 Å². The molecule has 2 aromatic carbocycles. The molecule has 0 amide bonds. The standard InChI is InChI=1S/C16H17N3/c17-9-8-13-4-6-14(7-5-13)12-19-16-3-1-2-15(10-16)11-18/h1-7,10,19H,8-9,12,17H2. The maximum Gasteiger partial charge on any atom is 0.0992 e. The highest BCUT2D eigenvalue weighted by Gasteiger charge is 1.97. The summed E-state index contributed by atoms with van der Waals surface area (Å²) in [6.45, 7) is 1.43. The first-order valence-corrected chi connectivity index (χ1v) is 6.34. The second-order valence-corrected chi connectivity index (χ2v) is 4.40. The number of hydrogen-bond acceptors (Lipinski definition) is 3. The summed E-state index contributed by atoms with van der Waals surface area (Å²) < 4.78 is 0. The lowest BCUT2D eigenvalue weighted by atomic mass is 10.1. The van der Waals surface area contributed by atoms with Crippen molar-refractivity contribution in [3.63, 3.8) is 0 Å². The van der Waals surface area contributed by atoms with Crippen LogP contribution in [0.2, 0.25) is 0 Å². The van der Waals surface area contributed by atoms with Gasteiger partial charge in [0.15, 0.2) is 0 Å². The van der Waals surface area contributed by atoms with Crippen LogP contribution in [0.25, 0.3) is 0 Å². The van der Waals surface area contributed by atoms with Crippen LogP contribution in [0.5, 0.6) is 0 Å². The van der Waals surface area contributed by atoms with Gasteiger partial charge in [0.25, 0.3) is 0 Å². The van der Waals surface area contributed by atoms with Gasteiger partial charge in [-0.2, -0.15) is 5.26 Å². The van der Waals surface area contributed by atoms with Gasteiger partial charge in [0.1, 0.15) is 0 Å². The lowest BCUT2D eigenvalue weighted by Crippen LogP contribution is -2.03. The normalized spacial score (nSPS) is 9.89. The molecule has 0 aromatic heterocycles. The van der Waals surface area contributed by atoms with Gasteiger partial charge >= 0.3 is 0 Å². The quantitative estimate of drug-likeness (QED) is 0.858. The molecule has 0 fully saturated rings. The highest BCUT2D eigenvalue weighted by atomic mass is 14.9. The Hall–Kier alpha value is -2.31. The molecule has 0 aliphatic heterocycles. The molecule has 19 heavy (non-hydrogen) atoms. The van der Waals surface area contributed by atoms with Gasteiger partial charge in [-0.05, 0) is 42.3 Å². The van der Waals surface area contributed by atoms with Crippen molar-refractivity contribution in [2.45, 2.75) is 13.0 Å². The molecule has 96 valence electrons. The van der Waals surface area contributed by atoms with Gasteiger partial charge < -0.3 is 11.1 Å². The maximum absolute atomic E-state index is 8.84. The molecule has 0 unspecified atom stereocenters. The van der Waals surface area contributed by atoms with E-state index in [0.29, 0.717) is 12.1 Å². The fraction of sp³-hybridized carbons (Fsp3) is 0.188. The molecule has 2 rings (SSSR count). The number of benzene rings is 2. The van der Waals surface area contributed by atoms with E-state index >= 15 is 0 Å². The van der Waals surface area contributed by atoms with E-state index in [0.717, 1.165) is 18.7 Å². The first-order valence-electron chi connectivity index (χ1n) is 6.34. The van der Waals surface area contributed by atoms with Gasteiger partial charge in [-0.25, -0.2) is 0 Å². The van der Waals surface area contributed by atoms with E-state index in [1.807, 2.05) is 18.2 Å². The third-order valence-corrected chi connectivity index (χ3v) is 2.94. The molecule has 0 atom stereocenters. The monoisotopic (exact) mass is 251 g/mol. The topological polar surface area (TPSA) is 61.8 Å². The minimum absolute atomic E-state index is 0.670. The molecule has 0 bridgehead atoms. The molecule has 3 heteroatoms. The second-order valence-electron chi connectivity index (χ2n) is 4.40. The Kier molecular flexibility index (Phi) is 4.54. The number of nitriles is 1. The van der Waals surface area contributed by atoms with Crippen LogP contribution >= 0.6 is 0 Å². The lowest BCUT2D eigenvalue weighted by molar-refractivity contribution is 0.966. The summed E-state index contributed by atoms with van der Waals surface area (Å²) in [5, 5.41) is 12.2. The zero-order valence-corrected chi connectivity index (χ0v) is 10.8. The minimum atomic E-state index is 0.670. The number of nitrogens with one attached hydrogen (secondary N) is 1. The van der Waals surface area contributed by atoms with Crippen molar-refractivity contribution in [3.05, 3.63) is 65.2 Å². The van der Waals surface area contributed by atoms with Gasteiger partial charge in [0.2, 0.25) is 0 Å². The first kappa shape index (κ1) is 13.1. The first-order chi connectivity index (χ1) is 9.31. The summed E-state index contributed by atoms with van der Waals surface area (Å²) in [6, 6.07) is 18.0. The Morgan fingerprint density at radius 2 is 1.79 bits per heavy atom. The highest BCUT2D eigenvalue weighted by Crippen LogP contribution is 2.12. The van der Waals surface area contributed by atoms with E-state index in [-0.39, 0.29) is 0 Å². The van der Waals surface area contributed by atoms with Gasteiger partial charge in [-0.1, -0.05) is 30.3 Å². The van der Waals surface area contributed by atoms with Crippen LogP contribution in [0.4, 0.5) is 5.69 Å². The van der Waals surface area contributed by atoms with Crippen LogP contribution < -0.4 is 11.1 Å². The molecule has 0 radical (unpaired) electrons. The van der Waals surface area contributed by atoms with Crippen molar-refractivity contribution < 1.29 is 0 Å². The zero-order chi connectivity index (χ0) is 13.5. The van der Waals surface area contributed by atoms with E-state index in [1.165, 1.54) is 11.1 Å². The van der Waals surface area contributed by atoms with Crippen molar-refractivity contribution in [2.75, 3.05) is 11.9 Å². The molecule has 0 heterocycles. The molecular weight excluding hydrogens is 234 g/mol. The number of rotatable bonds is 5. The van der Waals surface area contributed by atoms with Gasteiger partial charge in [-0.15, -0.1) is 0 Å². The third kappa shape index (κ3) is 3.84. The Labute approximate surface area is 113 Å². The van der Waals surface area contributed by atoms with Crippen LogP contribution in [-0.4, -0.2) is 6.54 Å². The average Bonchev–Trinajstić information content (AvgIpc) is 2.47. The van der Waals surface area contributed by atoms with Crippen LogP contribution in [-0.2, 0) is 13.0 Å². The predicted octanol–water partition coefficient (Wildman–Crippen LogP) is 2.67. The lowest BCUT2D eigenvalue weighted by Gasteiger charge is -2.07. The van der Waals surface area contributed by atoms with Gasteiger partial charge in [0, 0.05) is 12.2 Å². The summed E-state index contributed by atoms with van der Waals surface area (Å²) in [4.78, 5) is 0. The minimum Gasteiger partial charge on any atom is -0.381 e. The van der Waals surface area contributed by atoms with Crippen molar-refractivity contribution in [2.24, 2.45) is 5.73 Å². The molecule has 3 N–H and O–H groups in total. The molecular formula is C16H17N3. The van der Waals surface area contributed by atoms with Crippen molar-refractivity contribution >= 4 is 5.69 Å². The maximum atomic E-state index is 8.84. The van der Waals surface area contributed by atoms with E-state index in [4.69, 9.17) is 11.0 Å². The largest absolute Gasteiger partial charge is 0.381 e. The Bertz CT molecular complexity index is 567. The molecule has 0 aliphatic rings. The molecule has 0 saturated heterocycles. The summed E-state index contributed by atoms with van der Waals surface area (Å²) in [5.41, 5.74) is 9.63. The highest BCUT2D eigenvalue weighted by molar-refractivity contribution is 5.49. The zero-order valence-electron chi connectivity index (χ0n) is 10.8. The van der Waals surface area contributed by atoms with E-state index in [1.54, 1.807) is 6.07 Å². The fourth-order valence-electron chi connectivity index (χ4n) is 1.89. The fourth-order valence-corrected chi connectivity index (χ4v) is 1.89. The summed E-state index contributed by atoms with van der Waals surface area (Å²) in [6.07, 6.45) is 0.915. The van der Waals surface area contributed by atoms with Crippen molar-refractivity contribution in [1.29, 1.82) is 5.26 Å². The Morgan fingerprint density at radius 3 is 2.47 bits per heavy atom. The van der Waals surface area contributed by atoms with Crippen LogP contribution in [0.3, 0.4) is 0 Å². The number of nitrogens with two attached hydrogens (primary N) is 1. The smallest absolute Gasteiger partial charge is 0.0992 e.